The quantitative estimate of drug-likeness (QED) is 0.413. The van der Waals surface area contributed by atoms with Crippen LogP contribution in [0.15, 0.2) is 77.8 Å². The molecule has 5 nitrogen and oxygen atoms in total. The number of halogens is 1. The van der Waals surface area contributed by atoms with Crippen molar-refractivity contribution in [2.24, 2.45) is 0 Å². The summed E-state index contributed by atoms with van der Waals surface area (Å²) in [5.41, 5.74) is 0.481. The molecule has 0 spiro atoms. The summed E-state index contributed by atoms with van der Waals surface area (Å²) in [6, 6.07) is 14.3. The zero-order chi connectivity index (χ0) is 20.6. The fourth-order valence-corrected chi connectivity index (χ4v) is 3.16. The average Bonchev–Trinajstić information content (AvgIpc) is 2.74. The molecule has 1 heterocycles. The van der Waals surface area contributed by atoms with Crippen LogP contribution < -0.4 is 9.47 Å². The normalized spacial score (nSPS) is 20.7. The maximum atomic E-state index is 12.4. The van der Waals surface area contributed by atoms with Crippen LogP contribution in [0.5, 0.6) is 11.5 Å². The minimum atomic E-state index is -0.438. The molecule has 3 atom stereocenters. The Morgan fingerprint density at radius 2 is 1.79 bits per heavy atom. The number of carbonyl (C=O) groups is 1. The smallest absolute Gasteiger partial charge is 0.338 e. The monoisotopic (exact) mass is 458 g/mol. The number of carbonyl (C=O) groups excluding carboxylic acids is 1. The molecule has 1 aliphatic rings. The molecular weight excluding hydrogens is 436 g/mol. The second-order valence-electron chi connectivity index (χ2n) is 6.49. The first-order valence-corrected chi connectivity index (χ1v) is 10.1. The summed E-state index contributed by atoms with van der Waals surface area (Å²) in [5.74, 6) is 1.02. The van der Waals surface area contributed by atoms with Crippen LogP contribution in [-0.2, 0) is 9.47 Å². The minimum absolute atomic E-state index is 0.0771. The summed E-state index contributed by atoms with van der Waals surface area (Å²) in [7, 11) is 1.61. The van der Waals surface area contributed by atoms with Gasteiger partial charge in [-0.1, -0.05) is 28.1 Å². The van der Waals surface area contributed by atoms with E-state index in [1.165, 1.54) is 0 Å². The lowest BCUT2D eigenvalue weighted by Crippen LogP contribution is -2.42. The van der Waals surface area contributed by atoms with Gasteiger partial charge in [0.1, 0.15) is 30.3 Å². The predicted molar refractivity (Wildman–Crippen MR) is 114 cm³/mol. The third-order valence-corrected chi connectivity index (χ3v) is 4.95. The Morgan fingerprint density at radius 3 is 2.45 bits per heavy atom. The molecule has 0 saturated carbocycles. The highest BCUT2D eigenvalue weighted by molar-refractivity contribution is 9.10. The van der Waals surface area contributed by atoms with Gasteiger partial charge in [0.2, 0.25) is 0 Å². The predicted octanol–water partition coefficient (Wildman–Crippen LogP) is 4.96. The SMILES string of the molecule is C=CC[C@@H]1C=C[C@@H](Oc2ccc(OC)cc2)[C@@H](COC(=O)c2ccc(Br)cc2)O1. The Hall–Kier alpha value is -2.57. The van der Waals surface area contributed by atoms with Crippen molar-refractivity contribution in [3.63, 3.8) is 0 Å². The minimum Gasteiger partial charge on any atom is -0.497 e. The Morgan fingerprint density at radius 1 is 1.10 bits per heavy atom. The fraction of sp³-hybridized carbons (Fsp3) is 0.261. The summed E-state index contributed by atoms with van der Waals surface area (Å²) in [6.45, 7) is 3.83. The van der Waals surface area contributed by atoms with Gasteiger partial charge in [0, 0.05) is 4.47 Å². The van der Waals surface area contributed by atoms with E-state index in [-0.39, 0.29) is 18.8 Å². The first-order valence-electron chi connectivity index (χ1n) is 9.27. The first-order chi connectivity index (χ1) is 14.1. The summed E-state index contributed by atoms with van der Waals surface area (Å²) in [6.07, 6.45) is 5.41. The van der Waals surface area contributed by atoms with E-state index in [0.29, 0.717) is 17.7 Å². The molecule has 0 aromatic heterocycles. The van der Waals surface area contributed by atoms with E-state index in [9.17, 15) is 4.79 Å². The molecule has 1 aliphatic heterocycles. The van der Waals surface area contributed by atoms with E-state index in [0.717, 1.165) is 10.2 Å². The molecule has 0 radical (unpaired) electrons. The van der Waals surface area contributed by atoms with E-state index < -0.39 is 12.1 Å². The van der Waals surface area contributed by atoms with Crippen molar-refractivity contribution in [2.45, 2.75) is 24.7 Å². The lowest BCUT2D eigenvalue weighted by molar-refractivity contribution is -0.0755. The fourth-order valence-electron chi connectivity index (χ4n) is 2.89. The molecule has 2 aromatic rings. The van der Waals surface area contributed by atoms with E-state index in [1.54, 1.807) is 37.5 Å². The number of benzene rings is 2. The molecule has 0 unspecified atom stereocenters. The highest BCUT2D eigenvalue weighted by atomic mass is 79.9. The van der Waals surface area contributed by atoms with Crippen molar-refractivity contribution < 1.29 is 23.7 Å². The van der Waals surface area contributed by atoms with Crippen LogP contribution in [0.25, 0.3) is 0 Å². The van der Waals surface area contributed by atoms with Gasteiger partial charge in [0.25, 0.3) is 0 Å². The van der Waals surface area contributed by atoms with Crippen molar-refractivity contribution in [1.29, 1.82) is 0 Å². The number of methoxy groups -OCH3 is 1. The Bertz CT molecular complexity index is 845. The van der Waals surface area contributed by atoms with Crippen LogP contribution in [0.2, 0.25) is 0 Å². The van der Waals surface area contributed by atoms with Crippen molar-refractivity contribution in [1.82, 2.24) is 0 Å². The molecule has 29 heavy (non-hydrogen) atoms. The van der Waals surface area contributed by atoms with Gasteiger partial charge in [0.15, 0.2) is 0 Å². The van der Waals surface area contributed by atoms with Crippen LogP contribution in [0.4, 0.5) is 0 Å². The van der Waals surface area contributed by atoms with Crippen molar-refractivity contribution in [3.05, 3.63) is 83.4 Å². The highest BCUT2D eigenvalue weighted by Crippen LogP contribution is 2.24. The molecule has 152 valence electrons. The Balaban J connectivity index is 1.67. The van der Waals surface area contributed by atoms with Crippen LogP contribution in [0.1, 0.15) is 16.8 Å². The van der Waals surface area contributed by atoms with Crippen molar-refractivity contribution in [2.75, 3.05) is 13.7 Å². The zero-order valence-electron chi connectivity index (χ0n) is 16.1. The van der Waals surface area contributed by atoms with Gasteiger partial charge in [-0.25, -0.2) is 4.79 Å². The molecule has 3 rings (SSSR count). The Labute approximate surface area is 179 Å². The summed E-state index contributed by atoms with van der Waals surface area (Å²) in [5, 5.41) is 0. The van der Waals surface area contributed by atoms with Gasteiger partial charge in [-0.2, -0.15) is 0 Å². The van der Waals surface area contributed by atoms with E-state index in [2.05, 4.69) is 22.5 Å². The highest BCUT2D eigenvalue weighted by Gasteiger charge is 2.30. The second-order valence-corrected chi connectivity index (χ2v) is 7.40. The molecule has 6 heteroatoms. The third kappa shape index (κ3) is 5.95. The molecule has 0 bridgehead atoms. The van der Waals surface area contributed by atoms with Crippen molar-refractivity contribution >= 4 is 21.9 Å². The number of rotatable bonds is 8. The van der Waals surface area contributed by atoms with Gasteiger partial charge in [-0.15, -0.1) is 6.58 Å². The zero-order valence-corrected chi connectivity index (χ0v) is 17.7. The van der Waals surface area contributed by atoms with E-state index in [1.807, 2.05) is 36.4 Å². The summed E-state index contributed by atoms with van der Waals surface area (Å²) in [4.78, 5) is 12.4. The molecule has 0 amide bonds. The van der Waals surface area contributed by atoms with Crippen LogP contribution in [-0.4, -0.2) is 38.0 Å². The summed E-state index contributed by atoms with van der Waals surface area (Å²) < 4.78 is 23.7. The molecule has 0 N–H and O–H groups in total. The Kier molecular flexibility index (Phi) is 7.49. The van der Waals surface area contributed by atoms with Crippen molar-refractivity contribution in [3.8, 4) is 11.5 Å². The number of hydrogen-bond acceptors (Lipinski definition) is 5. The standard InChI is InChI=1S/C23H23BrO5/c1-3-4-19-13-14-21(28-20-11-9-18(26-2)10-12-20)22(29-19)15-27-23(25)16-5-7-17(24)8-6-16/h3,5-14,19,21-22H,1,4,15H2,2H3/t19-,21-,22-/m1/s1. The molecule has 0 fully saturated rings. The first kappa shape index (κ1) is 21.1. The molecule has 0 saturated heterocycles. The third-order valence-electron chi connectivity index (χ3n) is 4.42. The molecule has 0 aliphatic carbocycles. The largest absolute Gasteiger partial charge is 0.497 e. The topological polar surface area (TPSA) is 54.0 Å². The average molecular weight is 459 g/mol. The van der Waals surface area contributed by atoms with Gasteiger partial charge in [-0.05, 0) is 61.0 Å². The number of esters is 1. The van der Waals surface area contributed by atoms with E-state index >= 15 is 0 Å². The molecular formula is C23H23BrO5. The number of hydrogen-bond donors (Lipinski definition) is 0. The van der Waals surface area contributed by atoms with Crippen LogP contribution >= 0.6 is 15.9 Å². The van der Waals surface area contributed by atoms with E-state index in [4.69, 9.17) is 18.9 Å². The number of ether oxygens (including phenoxy) is 4. The van der Waals surface area contributed by atoms with Gasteiger partial charge in [-0.3, -0.25) is 0 Å². The van der Waals surface area contributed by atoms with Gasteiger partial charge < -0.3 is 18.9 Å². The molecule has 2 aromatic carbocycles. The van der Waals surface area contributed by atoms with Gasteiger partial charge in [0.05, 0.1) is 18.8 Å². The lowest BCUT2D eigenvalue weighted by atomic mass is 10.1. The summed E-state index contributed by atoms with van der Waals surface area (Å²) >= 11 is 3.35. The van der Waals surface area contributed by atoms with Crippen LogP contribution in [0.3, 0.4) is 0 Å². The maximum absolute atomic E-state index is 12.4. The van der Waals surface area contributed by atoms with Gasteiger partial charge >= 0.3 is 5.97 Å². The maximum Gasteiger partial charge on any atom is 0.338 e. The second kappa shape index (κ2) is 10.3. The van der Waals surface area contributed by atoms with Crippen LogP contribution in [0, 0.1) is 0 Å². The lowest BCUT2D eigenvalue weighted by Gasteiger charge is -2.32.